The van der Waals surface area contributed by atoms with Crippen LogP contribution in [0.1, 0.15) is 62.2 Å². The minimum absolute atomic E-state index is 0.0246. The number of amides is 4. The summed E-state index contributed by atoms with van der Waals surface area (Å²) in [7, 11) is -12.4. The van der Waals surface area contributed by atoms with Crippen LogP contribution < -0.4 is 25.8 Å². The molecule has 0 aliphatic carbocycles. The molecule has 6 rings (SSSR count). The first-order valence-electron chi connectivity index (χ1n) is 23.9. The SMILES string of the molecule is O=C(Cc1ccc2ccccc2c1)N[C@@H](Cc1ccc(OP(=O)(O)O)cc1)C(=O)N[C@@H](Cc1ccccc1)C(=O)[C@H](CCCCNC(=O)c1ccc(/C(=C/C(=O)c2ccccc2)B(F)F)cc1)C(=O)NCCS(=O)(=O)O. The molecular formula is C54H54BF2N4O13PS. The van der Waals surface area contributed by atoms with Crippen molar-refractivity contribution >= 4 is 76.6 Å². The van der Waals surface area contributed by atoms with Crippen molar-refractivity contribution in [3.8, 4) is 5.75 Å². The first-order chi connectivity index (χ1) is 36.2. The normalized spacial score (nSPS) is 12.9. The number of rotatable bonds is 27. The summed E-state index contributed by atoms with van der Waals surface area (Å²) in [6, 6.07) is 37.2. The third-order valence-corrected chi connectivity index (χ3v) is 13.1. The summed E-state index contributed by atoms with van der Waals surface area (Å²) >= 11 is 0. The van der Waals surface area contributed by atoms with Gasteiger partial charge in [0.1, 0.15) is 11.8 Å². The zero-order chi connectivity index (χ0) is 54.8. The van der Waals surface area contributed by atoms with E-state index in [1.54, 1.807) is 54.6 Å². The third-order valence-electron chi connectivity index (χ3n) is 11.9. The molecule has 22 heteroatoms. The summed E-state index contributed by atoms with van der Waals surface area (Å²) in [6.45, 7) is -0.538. The van der Waals surface area contributed by atoms with Gasteiger partial charge in [0.05, 0.1) is 24.1 Å². The average Bonchev–Trinajstić information content (AvgIpc) is 3.38. The molecule has 3 atom stereocenters. The Balaban J connectivity index is 1.18. The van der Waals surface area contributed by atoms with Crippen LogP contribution in [0.5, 0.6) is 5.75 Å². The standard InChI is InChI=1S/C54H54BF2N4O13PS/c56-55(57)46(35-49(62)41-14-5-2-6-15-41)40-22-24-42(25-23-40)52(65)58-28-10-9-17-45(53(66)59-29-30-76(71,72)73)51(64)47(32-36-11-3-1-4-12-36)61-54(67)48(33-37-19-26-44(27-20-37)74-75(68,69)70)60-50(63)34-38-18-21-39-13-7-8-16-43(39)31-38/h1-8,11-16,18-27,31,35,45,47-48H,9-10,17,28-30,32-34H2,(H,58,65)(H,59,66)(H,60,63)(H,61,67)(H2,68,69,70)(H,71,72,73)/b46-35-/t45-,47-,48-/m0/s1. The van der Waals surface area contributed by atoms with E-state index in [9.17, 15) is 64.7 Å². The third kappa shape index (κ3) is 18.3. The van der Waals surface area contributed by atoms with Crippen LogP contribution in [0, 0.1) is 5.92 Å². The van der Waals surface area contributed by atoms with Gasteiger partial charge in [-0.15, -0.1) is 0 Å². The van der Waals surface area contributed by atoms with Gasteiger partial charge in [-0.05, 0) is 82.6 Å². The van der Waals surface area contributed by atoms with E-state index in [1.807, 2.05) is 36.4 Å². The Morgan fingerprint density at radius 3 is 1.87 bits per heavy atom. The summed E-state index contributed by atoms with van der Waals surface area (Å²) in [5.41, 5.74) is 1.47. The first kappa shape index (κ1) is 57.6. The number of unbranched alkanes of at least 4 members (excludes halogenated alkanes) is 1. The van der Waals surface area contributed by atoms with Gasteiger partial charge in [0.2, 0.25) is 17.7 Å². The number of fused-ring (bicyclic) bond motifs is 1. The number of carbonyl (C=O) groups excluding carboxylic acids is 6. The van der Waals surface area contributed by atoms with E-state index in [-0.39, 0.29) is 67.5 Å². The van der Waals surface area contributed by atoms with E-state index in [1.165, 1.54) is 60.7 Å². The van der Waals surface area contributed by atoms with Crippen LogP contribution in [0.15, 0.2) is 158 Å². The highest BCUT2D eigenvalue weighted by molar-refractivity contribution is 7.85. The number of phosphoric acid groups is 1. The number of ketones is 2. The molecule has 6 aromatic carbocycles. The van der Waals surface area contributed by atoms with E-state index >= 15 is 0 Å². The molecule has 0 saturated carbocycles. The molecule has 0 spiro atoms. The number of allylic oxidation sites excluding steroid dienone is 1. The van der Waals surface area contributed by atoms with Crippen LogP contribution >= 0.6 is 7.82 Å². The molecule has 17 nitrogen and oxygen atoms in total. The fourth-order valence-electron chi connectivity index (χ4n) is 8.16. The lowest BCUT2D eigenvalue weighted by atomic mass is 9.78. The van der Waals surface area contributed by atoms with Crippen LogP contribution in [-0.4, -0.2) is 96.1 Å². The Kier molecular flexibility index (Phi) is 20.6. The second-order valence-corrected chi connectivity index (χ2v) is 20.4. The average molecular weight is 1080 g/mol. The molecular weight excluding hydrogens is 1020 g/mol. The van der Waals surface area contributed by atoms with Crippen LogP contribution in [0.4, 0.5) is 8.63 Å². The Bertz CT molecular complexity index is 3200. The molecule has 0 unspecified atom stereocenters. The summed E-state index contributed by atoms with van der Waals surface area (Å²) in [4.78, 5) is 101. The van der Waals surface area contributed by atoms with Crippen LogP contribution in [0.2, 0.25) is 0 Å². The second-order valence-electron chi connectivity index (χ2n) is 17.7. The van der Waals surface area contributed by atoms with Crippen molar-refractivity contribution in [2.24, 2.45) is 5.92 Å². The maximum absolute atomic E-state index is 14.7. The summed E-state index contributed by atoms with van der Waals surface area (Å²) in [5, 5.41) is 12.4. The lowest BCUT2D eigenvalue weighted by Crippen LogP contribution is -2.55. The maximum Gasteiger partial charge on any atom is 0.572 e. The lowest BCUT2D eigenvalue weighted by Gasteiger charge is -2.26. The minimum Gasteiger partial charge on any atom is -0.404 e. The summed E-state index contributed by atoms with van der Waals surface area (Å²) in [6.07, 6.45) is 0.543. The van der Waals surface area contributed by atoms with Crippen molar-refractivity contribution in [1.29, 1.82) is 0 Å². The molecule has 0 aromatic heterocycles. The Morgan fingerprint density at radius 2 is 1.22 bits per heavy atom. The van der Waals surface area contributed by atoms with E-state index < -0.39 is 96.2 Å². The van der Waals surface area contributed by atoms with Gasteiger partial charge in [-0.1, -0.05) is 134 Å². The van der Waals surface area contributed by atoms with Gasteiger partial charge >= 0.3 is 15.1 Å². The highest BCUT2D eigenvalue weighted by Crippen LogP contribution is 2.37. The predicted octanol–water partition coefficient (Wildman–Crippen LogP) is 6.33. The monoisotopic (exact) mass is 1080 g/mol. The molecule has 0 radical (unpaired) electrons. The molecule has 4 amide bonds. The zero-order valence-electron chi connectivity index (χ0n) is 40.7. The van der Waals surface area contributed by atoms with Crippen molar-refractivity contribution in [2.75, 3.05) is 18.8 Å². The maximum atomic E-state index is 14.7. The number of carbonyl (C=O) groups is 6. The molecule has 0 aliphatic heterocycles. The molecule has 0 fully saturated rings. The largest absolute Gasteiger partial charge is 0.572 e. The van der Waals surface area contributed by atoms with Gasteiger partial charge in [0.25, 0.3) is 16.0 Å². The minimum atomic E-state index is -4.90. The second kappa shape index (κ2) is 27.2. The van der Waals surface area contributed by atoms with E-state index in [0.29, 0.717) is 16.7 Å². The van der Waals surface area contributed by atoms with E-state index in [2.05, 4.69) is 25.8 Å². The fourth-order valence-corrected chi connectivity index (χ4v) is 8.91. The van der Waals surface area contributed by atoms with Crippen molar-refractivity contribution in [3.63, 3.8) is 0 Å². The molecule has 0 saturated heterocycles. The Hall–Kier alpha value is -7.68. The molecule has 0 aliphatic rings. The number of nitrogens with one attached hydrogen (secondary N) is 4. The number of hydrogen-bond donors (Lipinski definition) is 7. The summed E-state index contributed by atoms with van der Waals surface area (Å²) < 4.78 is 76.7. The molecule has 0 heterocycles. The van der Waals surface area contributed by atoms with Crippen molar-refractivity contribution in [1.82, 2.24) is 21.3 Å². The molecule has 76 heavy (non-hydrogen) atoms. The topological polar surface area (TPSA) is 272 Å². The van der Waals surface area contributed by atoms with Crippen LogP contribution in [-0.2, 0) is 53.1 Å². The smallest absolute Gasteiger partial charge is 0.404 e. The van der Waals surface area contributed by atoms with E-state index in [0.717, 1.165) is 16.8 Å². The first-order valence-corrected chi connectivity index (χ1v) is 27.0. The Morgan fingerprint density at radius 1 is 0.632 bits per heavy atom. The van der Waals surface area contributed by atoms with Crippen LogP contribution in [0.25, 0.3) is 16.2 Å². The Labute approximate surface area is 437 Å². The van der Waals surface area contributed by atoms with Gasteiger partial charge in [0.15, 0.2) is 11.6 Å². The molecule has 0 bridgehead atoms. The summed E-state index contributed by atoms with van der Waals surface area (Å²) in [5.74, 6) is -6.83. The van der Waals surface area contributed by atoms with Gasteiger partial charge in [-0.3, -0.25) is 51.7 Å². The number of Topliss-reactive ketones (excluding diaryl/α,β-unsaturated/α-hetero) is 1. The lowest BCUT2D eigenvalue weighted by molar-refractivity contribution is -0.137. The molecule has 7 N–H and O–H groups in total. The number of hydrogen-bond acceptors (Lipinski definition) is 10. The fraction of sp³-hybridized carbons (Fsp3) is 0.222. The number of halogens is 2. The molecule has 6 aromatic rings. The zero-order valence-corrected chi connectivity index (χ0v) is 42.4. The van der Waals surface area contributed by atoms with Gasteiger partial charge < -0.3 is 25.8 Å². The highest BCUT2D eigenvalue weighted by atomic mass is 32.2. The van der Waals surface area contributed by atoms with Gasteiger partial charge in [-0.25, -0.2) is 4.57 Å². The van der Waals surface area contributed by atoms with Crippen LogP contribution in [0.3, 0.4) is 0 Å². The van der Waals surface area contributed by atoms with Crippen molar-refractivity contribution in [3.05, 3.63) is 191 Å². The number of benzene rings is 6. The predicted molar refractivity (Wildman–Crippen MR) is 282 cm³/mol. The van der Waals surface area contributed by atoms with E-state index in [4.69, 9.17) is 0 Å². The quantitative estimate of drug-likeness (QED) is 0.00566. The number of phosphoric ester groups is 1. The van der Waals surface area contributed by atoms with Gasteiger partial charge in [0, 0.05) is 36.1 Å². The van der Waals surface area contributed by atoms with Gasteiger partial charge in [-0.2, -0.15) is 8.42 Å². The van der Waals surface area contributed by atoms with Crippen molar-refractivity contribution < 1.29 is 69.2 Å². The molecule has 396 valence electrons. The van der Waals surface area contributed by atoms with Crippen molar-refractivity contribution in [2.45, 2.75) is 50.6 Å². The highest BCUT2D eigenvalue weighted by Gasteiger charge is 2.35.